The summed E-state index contributed by atoms with van der Waals surface area (Å²) in [7, 11) is 0. The number of nitrogens with zero attached hydrogens (tertiary/aromatic N) is 1. The summed E-state index contributed by atoms with van der Waals surface area (Å²) in [6.07, 6.45) is 4.04. The number of nitrogens with two attached hydrogens (primary N) is 1. The first-order valence-electron chi connectivity index (χ1n) is 6.74. The molecule has 0 radical (unpaired) electrons. The first-order chi connectivity index (χ1) is 9.65. The van der Waals surface area contributed by atoms with Crippen molar-refractivity contribution in [2.75, 3.05) is 0 Å². The van der Waals surface area contributed by atoms with Crippen LogP contribution in [0.2, 0.25) is 0 Å². The average Bonchev–Trinajstić information content (AvgIpc) is 2.99. The zero-order valence-corrected chi connectivity index (χ0v) is 11.9. The summed E-state index contributed by atoms with van der Waals surface area (Å²) in [4.78, 5) is 13.3. The quantitative estimate of drug-likeness (QED) is 0.692. The average molecular weight is 288 g/mol. The molecular formula is C15H16N2O2S. The maximum Gasteiger partial charge on any atom is 0.272 e. The number of hydrogen-bond donors (Lipinski definition) is 1. The van der Waals surface area contributed by atoms with E-state index in [0.29, 0.717) is 12.0 Å². The number of rotatable bonds is 4. The Kier molecular flexibility index (Phi) is 3.54. The van der Waals surface area contributed by atoms with Gasteiger partial charge in [0.05, 0.1) is 4.92 Å². The summed E-state index contributed by atoms with van der Waals surface area (Å²) < 4.78 is 0. The molecule has 1 aliphatic carbocycles. The fourth-order valence-electron chi connectivity index (χ4n) is 2.73. The van der Waals surface area contributed by atoms with E-state index in [4.69, 9.17) is 5.73 Å². The molecule has 0 amide bonds. The van der Waals surface area contributed by atoms with Crippen LogP contribution in [0.5, 0.6) is 0 Å². The summed E-state index contributed by atoms with van der Waals surface area (Å²) in [5.41, 5.74) is 8.53. The first-order valence-corrected chi connectivity index (χ1v) is 7.56. The lowest BCUT2D eigenvalue weighted by Crippen LogP contribution is -2.13. The molecule has 1 heterocycles. The van der Waals surface area contributed by atoms with Crippen LogP contribution >= 0.6 is 11.3 Å². The topological polar surface area (TPSA) is 69.2 Å². The molecule has 0 fully saturated rings. The zero-order chi connectivity index (χ0) is 14.1. The Hall–Kier alpha value is -1.72. The SMILES string of the molecule is NC(Cc1ccccc1[N+](=O)[O-])c1cc2c(s1)CCC2. The van der Waals surface area contributed by atoms with E-state index in [1.54, 1.807) is 23.5 Å². The summed E-state index contributed by atoms with van der Waals surface area (Å²) >= 11 is 1.77. The molecule has 1 aliphatic rings. The molecule has 1 aromatic carbocycles. The summed E-state index contributed by atoms with van der Waals surface area (Å²) in [6.45, 7) is 0. The number of benzene rings is 1. The van der Waals surface area contributed by atoms with E-state index in [1.807, 2.05) is 6.07 Å². The number of fused-ring (bicyclic) bond motifs is 1. The highest BCUT2D eigenvalue weighted by Gasteiger charge is 2.20. The lowest BCUT2D eigenvalue weighted by atomic mass is 10.0. The van der Waals surface area contributed by atoms with Gasteiger partial charge in [0.25, 0.3) is 5.69 Å². The lowest BCUT2D eigenvalue weighted by molar-refractivity contribution is -0.385. The van der Waals surface area contributed by atoms with Gasteiger partial charge in [0.1, 0.15) is 0 Å². The Balaban J connectivity index is 1.82. The number of nitro benzene ring substituents is 1. The van der Waals surface area contributed by atoms with Gasteiger partial charge in [0.2, 0.25) is 0 Å². The Bertz CT molecular complexity index is 630. The molecular weight excluding hydrogens is 272 g/mol. The second-order valence-electron chi connectivity index (χ2n) is 5.15. The maximum atomic E-state index is 11.0. The molecule has 0 bridgehead atoms. The monoisotopic (exact) mass is 288 g/mol. The van der Waals surface area contributed by atoms with Crippen molar-refractivity contribution in [1.29, 1.82) is 0 Å². The Morgan fingerprint density at radius 1 is 1.35 bits per heavy atom. The lowest BCUT2D eigenvalue weighted by Gasteiger charge is -2.10. The molecule has 0 saturated carbocycles. The molecule has 20 heavy (non-hydrogen) atoms. The van der Waals surface area contributed by atoms with Crippen LogP contribution in [0.1, 0.15) is 33.3 Å². The highest BCUT2D eigenvalue weighted by molar-refractivity contribution is 7.12. The predicted octanol–water partition coefficient (Wildman–Crippen LogP) is 3.39. The van der Waals surface area contributed by atoms with Crippen molar-refractivity contribution in [3.63, 3.8) is 0 Å². The largest absolute Gasteiger partial charge is 0.323 e. The van der Waals surface area contributed by atoms with Gasteiger partial charge in [-0.2, -0.15) is 0 Å². The minimum atomic E-state index is -0.337. The first kappa shape index (κ1) is 13.3. The van der Waals surface area contributed by atoms with Crippen LogP contribution in [0.15, 0.2) is 30.3 Å². The van der Waals surface area contributed by atoms with E-state index in [1.165, 1.54) is 22.9 Å². The van der Waals surface area contributed by atoms with Crippen molar-refractivity contribution in [1.82, 2.24) is 0 Å². The van der Waals surface area contributed by atoms with Crippen LogP contribution in [0.25, 0.3) is 0 Å². The molecule has 4 nitrogen and oxygen atoms in total. The number of aryl methyl sites for hydroxylation is 2. The second-order valence-corrected chi connectivity index (χ2v) is 6.32. The van der Waals surface area contributed by atoms with Crippen LogP contribution in [-0.2, 0) is 19.3 Å². The minimum Gasteiger partial charge on any atom is -0.323 e. The van der Waals surface area contributed by atoms with Crippen molar-refractivity contribution in [2.45, 2.75) is 31.7 Å². The molecule has 1 unspecified atom stereocenters. The van der Waals surface area contributed by atoms with E-state index in [2.05, 4.69) is 6.07 Å². The summed E-state index contributed by atoms with van der Waals surface area (Å²) in [5.74, 6) is 0. The van der Waals surface area contributed by atoms with Gasteiger partial charge in [-0.1, -0.05) is 18.2 Å². The fourth-order valence-corrected chi connectivity index (χ4v) is 3.99. The maximum absolute atomic E-state index is 11.0. The molecule has 0 saturated heterocycles. The van der Waals surface area contributed by atoms with Crippen LogP contribution in [0.4, 0.5) is 5.69 Å². The Morgan fingerprint density at radius 3 is 2.90 bits per heavy atom. The molecule has 2 aromatic rings. The van der Waals surface area contributed by atoms with E-state index < -0.39 is 0 Å². The third kappa shape index (κ3) is 2.46. The van der Waals surface area contributed by atoms with Gasteiger partial charge >= 0.3 is 0 Å². The minimum absolute atomic E-state index is 0.159. The van der Waals surface area contributed by atoms with Crippen molar-refractivity contribution in [2.24, 2.45) is 5.73 Å². The second kappa shape index (κ2) is 5.34. The third-order valence-corrected chi connectivity index (χ3v) is 5.13. The summed E-state index contributed by atoms with van der Waals surface area (Å²) in [6, 6.07) is 8.87. The third-order valence-electron chi connectivity index (χ3n) is 3.76. The van der Waals surface area contributed by atoms with E-state index in [0.717, 1.165) is 17.7 Å². The highest BCUT2D eigenvalue weighted by atomic mass is 32.1. The molecule has 1 atom stereocenters. The number of nitro groups is 1. The molecule has 104 valence electrons. The molecule has 5 heteroatoms. The number of para-hydroxylation sites is 1. The Labute approximate surface area is 121 Å². The molecule has 1 aromatic heterocycles. The van der Waals surface area contributed by atoms with Crippen LogP contribution in [-0.4, -0.2) is 4.92 Å². The van der Waals surface area contributed by atoms with Crippen LogP contribution < -0.4 is 5.73 Å². The molecule has 0 aliphatic heterocycles. The number of thiophene rings is 1. The van der Waals surface area contributed by atoms with E-state index in [9.17, 15) is 10.1 Å². The standard InChI is InChI=1S/C15H16N2O2S/c16-12(15-9-11-5-3-7-14(11)20-15)8-10-4-1-2-6-13(10)17(18)19/h1-2,4,6,9,12H,3,5,7-8,16H2. The van der Waals surface area contributed by atoms with Gasteiger partial charge < -0.3 is 5.73 Å². The van der Waals surface area contributed by atoms with Gasteiger partial charge in [0, 0.05) is 27.4 Å². The van der Waals surface area contributed by atoms with Gasteiger partial charge in [-0.3, -0.25) is 10.1 Å². The van der Waals surface area contributed by atoms with E-state index >= 15 is 0 Å². The smallest absolute Gasteiger partial charge is 0.272 e. The number of hydrogen-bond acceptors (Lipinski definition) is 4. The van der Waals surface area contributed by atoms with Gasteiger partial charge in [0.15, 0.2) is 0 Å². The Morgan fingerprint density at radius 2 is 2.15 bits per heavy atom. The predicted molar refractivity (Wildman–Crippen MR) is 80.1 cm³/mol. The molecule has 3 rings (SSSR count). The normalized spacial score (nSPS) is 15.1. The van der Waals surface area contributed by atoms with Crippen molar-refractivity contribution < 1.29 is 4.92 Å². The highest BCUT2D eigenvalue weighted by Crippen LogP contribution is 2.34. The van der Waals surface area contributed by atoms with Crippen molar-refractivity contribution in [3.05, 3.63) is 61.3 Å². The summed E-state index contributed by atoms with van der Waals surface area (Å²) in [5, 5.41) is 11.0. The van der Waals surface area contributed by atoms with Gasteiger partial charge in [-0.15, -0.1) is 11.3 Å². The van der Waals surface area contributed by atoms with Crippen LogP contribution in [0.3, 0.4) is 0 Å². The van der Waals surface area contributed by atoms with Gasteiger partial charge in [-0.05, 0) is 37.3 Å². The van der Waals surface area contributed by atoms with Crippen molar-refractivity contribution >= 4 is 17.0 Å². The fraction of sp³-hybridized carbons (Fsp3) is 0.333. The molecule has 0 spiro atoms. The van der Waals surface area contributed by atoms with Crippen molar-refractivity contribution in [3.8, 4) is 0 Å². The van der Waals surface area contributed by atoms with Crippen LogP contribution in [0, 0.1) is 10.1 Å². The molecule has 2 N–H and O–H groups in total. The van der Waals surface area contributed by atoms with Gasteiger partial charge in [-0.25, -0.2) is 0 Å². The van der Waals surface area contributed by atoms with E-state index in [-0.39, 0.29) is 16.7 Å². The zero-order valence-electron chi connectivity index (χ0n) is 11.0.